The van der Waals surface area contributed by atoms with Gasteiger partial charge in [-0.3, -0.25) is 13.9 Å². The molecule has 0 bridgehead atoms. The SMILES string of the molecule is CCNC(=O)C(CC)N(Cc1ccc(OC)cc1)C(=O)CN(c1ccc(C(C)C)cc1)S(=O)(=O)c1ccccc1. The van der Waals surface area contributed by atoms with E-state index in [1.807, 2.05) is 38.1 Å². The molecule has 40 heavy (non-hydrogen) atoms. The lowest BCUT2D eigenvalue weighted by atomic mass is 10.0. The number of carbonyl (C=O) groups excluding carboxylic acids is 2. The second kappa shape index (κ2) is 14.0. The Labute approximate surface area is 238 Å². The Hall–Kier alpha value is -3.85. The minimum Gasteiger partial charge on any atom is -0.497 e. The van der Waals surface area contributed by atoms with Crippen LogP contribution in [0.3, 0.4) is 0 Å². The van der Waals surface area contributed by atoms with Crippen LogP contribution in [0.5, 0.6) is 5.75 Å². The molecular weight excluding hydrogens is 526 g/mol. The number of sulfonamides is 1. The van der Waals surface area contributed by atoms with E-state index >= 15 is 0 Å². The number of nitrogens with one attached hydrogen (secondary N) is 1. The maximum atomic E-state index is 14.0. The molecule has 214 valence electrons. The van der Waals surface area contributed by atoms with E-state index in [0.717, 1.165) is 15.4 Å². The maximum absolute atomic E-state index is 14.0. The van der Waals surface area contributed by atoms with Crippen molar-refractivity contribution in [1.29, 1.82) is 0 Å². The summed E-state index contributed by atoms with van der Waals surface area (Å²) in [7, 11) is -2.52. The van der Waals surface area contributed by atoms with E-state index in [-0.39, 0.29) is 23.3 Å². The number of nitrogens with zero attached hydrogens (tertiary/aromatic N) is 2. The van der Waals surface area contributed by atoms with Gasteiger partial charge in [0.2, 0.25) is 11.8 Å². The molecule has 0 aliphatic heterocycles. The van der Waals surface area contributed by atoms with E-state index in [1.165, 1.54) is 17.0 Å². The number of anilines is 1. The van der Waals surface area contributed by atoms with Crippen molar-refractivity contribution < 1.29 is 22.7 Å². The largest absolute Gasteiger partial charge is 0.497 e. The van der Waals surface area contributed by atoms with Crippen molar-refractivity contribution in [3.8, 4) is 5.75 Å². The van der Waals surface area contributed by atoms with Crippen LogP contribution in [0.25, 0.3) is 0 Å². The molecule has 0 spiro atoms. The highest BCUT2D eigenvalue weighted by Gasteiger charge is 2.33. The summed E-state index contributed by atoms with van der Waals surface area (Å²) in [5, 5.41) is 2.81. The molecule has 0 heterocycles. The first kappa shape index (κ1) is 30.7. The monoisotopic (exact) mass is 565 g/mol. The fourth-order valence-corrected chi connectivity index (χ4v) is 5.85. The number of methoxy groups -OCH3 is 1. The fourth-order valence-electron chi connectivity index (χ4n) is 4.41. The molecule has 0 saturated carbocycles. The quantitative estimate of drug-likeness (QED) is 0.316. The Morgan fingerprint density at radius 3 is 2.05 bits per heavy atom. The summed E-state index contributed by atoms with van der Waals surface area (Å²) >= 11 is 0. The predicted octanol–water partition coefficient (Wildman–Crippen LogP) is 4.96. The van der Waals surface area contributed by atoms with E-state index in [2.05, 4.69) is 19.2 Å². The van der Waals surface area contributed by atoms with Crippen molar-refractivity contribution in [2.24, 2.45) is 0 Å². The third-order valence-corrected chi connectivity index (χ3v) is 8.49. The molecular formula is C31H39N3O5S. The number of hydrogen-bond acceptors (Lipinski definition) is 5. The summed E-state index contributed by atoms with van der Waals surface area (Å²) in [6, 6.07) is 21.7. The highest BCUT2D eigenvalue weighted by atomic mass is 32.2. The number of benzene rings is 3. The van der Waals surface area contributed by atoms with Crippen molar-refractivity contribution in [2.45, 2.75) is 57.5 Å². The Balaban J connectivity index is 2.05. The van der Waals surface area contributed by atoms with E-state index in [4.69, 9.17) is 4.74 Å². The zero-order chi connectivity index (χ0) is 29.3. The van der Waals surface area contributed by atoms with Crippen molar-refractivity contribution in [3.63, 3.8) is 0 Å². The minimum atomic E-state index is -4.09. The number of hydrogen-bond donors (Lipinski definition) is 1. The van der Waals surface area contributed by atoms with Gasteiger partial charge in [-0.25, -0.2) is 8.42 Å². The summed E-state index contributed by atoms with van der Waals surface area (Å²) in [5.74, 6) is 0.159. The molecule has 0 aliphatic carbocycles. The van der Waals surface area contributed by atoms with Crippen LogP contribution < -0.4 is 14.4 Å². The van der Waals surface area contributed by atoms with Crippen molar-refractivity contribution in [2.75, 3.05) is 24.5 Å². The van der Waals surface area contributed by atoms with Crippen LogP contribution in [0, 0.1) is 0 Å². The summed E-state index contributed by atoms with van der Waals surface area (Å²) in [5.41, 5.74) is 2.21. The second-order valence-electron chi connectivity index (χ2n) is 9.76. The molecule has 1 unspecified atom stereocenters. The summed E-state index contributed by atoms with van der Waals surface area (Å²) in [6.07, 6.45) is 0.363. The molecule has 2 amide bonds. The standard InChI is InChI=1S/C31H39N3O5S/c1-6-29(31(36)32-7-2)33(21-24-13-19-27(39-5)20-14-24)30(35)22-34(26-17-15-25(16-18-26)23(3)4)40(37,38)28-11-9-8-10-12-28/h8-20,23,29H,6-7,21-22H2,1-5H3,(H,32,36). The first-order chi connectivity index (χ1) is 19.1. The minimum absolute atomic E-state index is 0.0770. The molecule has 0 radical (unpaired) electrons. The molecule has 0 saturated heterocycles. The zero-order valence-corrected chi connectivity index (χ0v) is 24.6. The van der Waals surface area contributed by atoms with Gasteiger partial charge in [0.15, 0.2) is 0 Å². The van der Waals surface area contributed by atoms with Crippen LogP contribution in [-0.4, -0.2) is 51.4 Å². The van der Waals surface area contributed by atoms with Gasteiger partial charge in [0, 0.05) is 13.1 Å². The smallest absolute Gasteiger partial charge is 0.264 e. The molecule has 1 N–H and O–H groups in total. The fraction of sp³-hybridized carbons (Fsp3) is 0.355. The Bertz CT molecular complexity index is 1360. The average molecular weight is 566 g/mol. The van der Waals surface area contributed by atoms with Gasteiger partial charge in [0.05, 0.1) is 17.7 Å². The van der Waals surface area contributed by atoms with Crippen molar-refractivity contribution in [3.05, 3.63) is 90.0 Å². The number of carbonyl (C=O) groups is 2. The summed E-state index contributed by atoms with van der Waals surface area (Å²) in [4.78, 5) is 28.6. The van der Waals surface area contributed by atoms with Crippen LogP contribution in [-0.2, 0) is 26.2 Å². The van der Waals surface area contributed by atoms with Gasteiger partial charge in [0.25, 0.3) is 10.0 Å². The first-order valence-corrected chi connectivity index (χ1v) is 14.9. The first-order valence-electron chi connectivity index (χ1n) is 13.5. The van der Waals surface area contributed by atoms with Gasteiger partial charge in [-0.1, -0.05) is 63.2 Å². The van der Waals surface area contributed by atoms with Gasteiger partial charge in [-0.05, 0) is 66.8 Å². The van der Waals surface area contributed by atoms with Gasteiger partial charge in [-0.15, -0.1) is 0 Å². The Morgan fingerprint density at radius 1 is 0.900 bits per heavy atom. The number of amides is 2. The Kier molecular flexibility index (Phi) is 10.7. The van der Waals surface area contributed by atoms with Gasteiger partial charge in [0.1, 0.15) is 18.3 Å². The highest BCUT2D eigenvalue weighted by molar-refractivity contribution is 7.92. The van der Waals surface area contributed by atoms with Gasteiger partial charge >= 0.3 is 0 Å². The Morgan fingerprint density at radius 2 is 1.52 bits per heavy atom. The number of likely N-dealkylation sites (N-methyl/N-ethyl adjacent to an activating group) is 1. The highest BCUT2D eigenvalue weighted by Crippen LogP contribution is 2.27. The third-order valence-electron chi connectivity index (χ3n) is 6.71. The topological polar surface area (TPSA) is 96.0 Å². The average Bonchev–Trinajstić information content (AvgIpc) is 2.96. The van der Waals surface area contributed by atoms with Crippen LogP contribution in [0.15, 0.2) is 83.8 Å². The van der Waals surface area contributed by atoms with E-state index < -0.39 is 28.5 Å². The summed E-state index contributed by atoms with van der Waals surface area (Å²) < 4.78 is 34.1. The lowest BCUT2D eigenvalue weighted by Gasteiger charge is -2.33. The molecule has 1 atom stereocenters. The summed E-state index contributed by atoms with van der Waals surface area (Å²) in [6.45, 7) is 7.83. The normalized spacial score (nSPS) is 12.1. The lowest BCUT2D eigenvalue weighted by Crippen LogP contribution is -2.52. The van der Waals surface area contributed by atoms with E-state index in [0.29, 0.717) is 24.4 Å². The van der Waals surface area contributed by atoms with E-state index in [9.17, 15) is 18.0 Å². The maximum Gasteiger partial charge on any atom is 0.264 e. The third kappa shape index (κ3) is 7.41. The van der Waals surface area contributed by atoms with Crippen LogP contribution in [0.1, 0.15) is 51.2 Å². The molecule has 9 heteroatoms. The zero-order valence-electron chi connectivity index (χ0n) is 23.8. The molecule has 3 aromatic carbocycles. The second-order valence-corrected chi connectivity index (χ2v) is 11.6. The van der Waals surface area contributed by atoms with Crippen LogP contribution in [0.2, 0.25) is 0 Å². The van der Waals surface area contributed by atoms with Gasteiger partial charge < -0.3 is 15.0 Å². The van der Waals surface area contributed by atoms with Crippen molar-refractivity contribution >= 4 is 27.5 Å². The molecule has 0 aliphatic rings. The molecule has 3 rings (SSSR count). The molecule has 3 aromatic rings. The molecule has 8 nitrogen and oxygen atoms in total. The number of ether oxygens (including phenoxy) is 1. The number of rotatable bonds is 13. The lowest BCUT2D eigenvalue weighted by molar-refractivity contribution is -0.140. The molecule has 0 aromatic heterocycles. The predicted molar refractivity (Wildman–Crippen MR) is 158 cm³/mol. The van der Waals surface area contributed by atoms with Gasteiger partial charge in [-0.2, -0.15) is 0 Å². The van der Waals surface area contributed by atoms with E-state index in [1.54, 1.807) is 49.6 Å². The van der Waals surface area contributed by atoms with Crippen molar-refractivity contribution in [1.82, 2.24) is 10.2 Å². The van der Waals surface area contributed by atoms with Crippen LogP contribution in [0.4, 0.5) is 5.69 Å². The molecule has 0 fully saturated rings. The van der Waals surface area contributed by atoms with Crippen LogP contribution >= 0.6 is 0 Å².